The summed E-state index contributed by atoms with van der Waals surface area (Å²) in [6, 6.07) is -0.523. The second kappa shape index (κ2) is 6.68. The van der Waals surface area contributed by atoms with E-state index in [9.17, 15) is 9.59 Å². The lowest BCUT2D eigenvalue weighted by molar-refractivity contribution is 0.0690. The van der Waals surface area contributed by atoms with Gasteiger partial charge in [-0.1, -0.05) is 41.7 Å². The summed E-state index contributed by atoms with van der Waals surface area (Å²) in [6.07, 6.45) is 1.86. The fraction of sp³-hybridized carbons (Fsp3) is 0.500. The largest absolute Gasteiger partial charge is 0.476 e. The highest BCUT2D eigenvalue weighted by molar-refractivity contribution is 7.12. The zero-order valence-corrected chi connectivity index (χ0v) is 12.8. The summed E-state index contributed by atoms with van der Waals surface area (Å²) >= 11 is 18.0. The number of nitrogens with zero attached hydrogens (tertiary/aromatic N) is 2. The Morgan fingerprint density at radius 2 is 2.21 bits per heavy atom. The van der Waals surface area contributed by atoms with Crippen LogP contribution in [-0.2, 0) is 11.2 Å². The topological polar surface area (TPSA) is 79.6 Å². The standard InChI is InChI=1S/C10H9Cl3N2O3S/c1-2-5(14-4-16)8-15-7(9(17)18)6(19-8)3-10(11,12)13/h5H,2-3H2,1H3,(H,17,18). The van der Waals surface area contributed by atoms with Gasteiger partial charge in [-0.15, -0.1) is 11.3 Å². The summed E-state index contributed by atoms with van der Waals surface area (Å²) in [5.74, 6) is -1.21. The van der Waals surface area contributed by atoms with Crippen LogP contribution < -0.4 is 0 Å². The molecule has 1 N–H and O–H groups in total. The third kappa shape index (κ3) is 4.75. The van der Waals surface area contributed by atoms with Gasteiger partial charge in [-0.3, -0.25) is 0 Å². The number of aromatic carboxylic acids is 1. The van der Waals surface area contributed by atoms with Gasteiger partial charge in [-0.05, 0) is 6.42 Å². The van der Waals surface area contributed by atoms with Crippen LogP contribution in [0.15, 0.2) is 4.99 Å². The fourth-order valence-corrected chi connectivity index (χ4v) is 3.27. The van der Waals surface area contributed by atoms with Crippen LogP contribution in [0.1, 0.15) is 39.8 Å². The minimum atomic E-state index is -1.61. The lowest BCUT2D eigenvalue weighted by Gasteiger charge is -2.08. The number of halogens is 3. The Morgan fingerprint density at radius 3 is 2.63 bits per heavy atom. The van der Waals surface area contributed by atoms with Crippen molar-refractivity contribution < 1.29 is 14.7 Å². The molecule has 0 aromatic carbocycles. The highest BCUT2D eigenvalue weighted by Crippen LogP contribution is 2.36. The number of alkyl halides is 3. The molecule has 0 spiro atoms. The molecule has 1 rings (SSSR count). The molecule has 104 valence electrons. The van der Waals surface area contributed by atoms with Crippen molar-refractivity contribution in [3.63, 3.8) is 0 Å². The van der Waals surface area contributed by atoms with Crippen molar-refractivity contribution >= 4 is 58.2 Å². The Kier molecular flexibility index (Phi) is 5.77. The molecule has 5 nitrogen and oxygen atoms in total. The zero-order valence-electron chi connectivity index (χ0n) is 9.69. The van der Waals surface area contributed by atoms with Gasteiger partial charge in [0.15, 0.2) is 9.49 Å². The molecule has 19 heavy (non-hydrogen) atoms. The van der Waals surface area contributed by atoms with Crippen LogP contribution in [0.2, 0.25) is 0 Å². The Bertz CT molecular complexity index is 521. The molecule has 1 unspecified atom stereocenters. The van der Waals surface area contributed by atoms with E-state index in [1.54, 1.807) is 6.92 Å². The van der Waals surface area contributed by atoms with Crippen LogP contribution in [0, 0.1) is 0 Å². The van der Waals surface area contributed by atoms with Crippen molar-refractivity contribution in [1.29, 1.82) is 0 Å². The predicted molar refractivity (Wildman–Crippen MR) is 74.2 cm³/mol. The van der Waals surface area contributed by atoms with Crippen molar-refractivity contribution in [2.45, 2.75) is 29.6 Å². The lowest BCUT2D eigenvalue weighted by atomic mass is 10.2. The molecule has 0 saturated heterocycles. The van der Waals surface area contributed by atoms with E-state index in [0.29, 0.717) is 16.3 Å². The molecule has 1 heterocycles. The molecule has 9 heteroatoms. The molecule has 1 aromatic rings. The van der Waals surface area contributed by atoms with E-state index in [-0.39, 0.29) is 12.1 Å². The second-order valence-electron chi connectivity index (χ2n) is 3.57. The molecule has 1 aromatic heterocycles. The first-order chi connectivity index (χ1) is 8.78. The van der Waals surface area contributed by atoms with Gasteiger partial charge in [-0.2, -0.15) is 4.99 Å². The van der Waals surface area contributed by atoms with Gasteiger partial charge in [0.05, 0.1) is 0 Å². The maximum Gasteiger partial charge on any atom is 0.355 e. The van der Waals surface area contributed by atoms with Crippen molar-refractivity contribution in [3.05, 3.63) is 15.6 Å². The van der Waals surface area contributed by atoms with Crippen LogP contribution >= 0.6 is 46.1 Å². The molecular weight excluding hydrogens is 335 g/mol. The summed E-state index contributed by atoms with van der Waals surface area (Å²) in [5.41, 5.74) is -0.175. The Labute approximate surface area is 128 Å². The summed E-state index contributed by atoms with van der Waals surface area (Å²) in [4.78, 5) is 29.3. The number of carbonyl (C=O) groups is 1. The number of carboxylic acid groups (broad SMARTS) is 1. The van der Waals surface area contributed by atoms with Gasteiger partial charge in [0.2, 0.25) is 6.08 Å². The Hall–Kier alpha value is -0.650. The second-order valence-corrected chi connectivity index (χ2v) is 7.20. The summed E-state index contributed by atoms with van der Waals surface area (Å²) in [6.45, 7) is 1.79. The monoisotopic (exact) mass is 342 g/mol. The lowest BCUT2D eigenvalue weighted by Crippen LogP contribution is -2.10. The van der Waals surface area contributed by atoms with E-state index in [1.165, 1.54) is 6.08 Å². The number of rotatable bonds is 5. The predicted octanol–water partition coefficient (Wildman–Crippen LogP) is 3.54. The van der Waals surface area contributed by atoms with E-state index in [1.807, 2.05) is 0 Å². The third-order valence-electron chi connectivity index (χ3n) is 2.16. The molecule has 0 saturated carbocycles. The van der Waals surface area contributed by atoms with E-state index >= 15 is 0 Å². The van der Waals surface area contributed by atoms with Gasteiger partial charge >= 0.3 is 5.97 Å². The average Bonchev–Trinajstić information content (AvgIpc) is 2.67. The van der Waals surface area contributed by atoms with E-state index in [2.05, 4.69) is 9.98 Å². The first kappa shape index (κ1) is 16.4. The molecule has 0 radical (unpaired) electrons. The van der Waals surface area contributed by atoms with Crippen molar-refractivity contribution in [2.75, 3.05) is 0 Å². The number of carbonyl (C=O) groups excluding carboxylic acids is 1. The Morgan fingerprint density at radius 1 is 1.58 bits per heavy atom. The quantitative estimate of drug-likeness (QED) is 0.504. The van der Waals surface area contributed by atoms with Gasteiger partial charge < -0.3 is 5.11 Å². The third-order valence-corrected chi connectivity index (χ3v) is 3.72. The number of hydrogen-bond donors (Lipinski definition) is 1. The van der Waals surface area contributed by atoms with E-state index in [0.717, 1.165) is 11.3 Å². The van der Waals surface area contributed by atoms with Crippen LogP contribution in [0.4, 0.5) is 0 Å². The first-order valence-corrected chi connectivity index (χ1v) is 7.10. The minimum Gasteiger partial charge on any atom is -0.476 e. The van der Waals surface area contributed by atoms with Gasteiger partial charge in [0.25, 0.3) is 0 Å². The molecule has 0 aliphatic rings. The molecule has 1 atom stereocenters. The molecule has 0 fully saturated rings. The number of carboxylic acids is 1. The molecule has 0 aliphatic heterocycles. The zero-order chi connectivity index (χ0) is 14.6. The summed E-state index contributed by atoms with van der Waals surface area (Å²) in [7, 11) is 0. The van der Waals surface area contributed by atoms with Crippen molar-refractivity contribution in [1.82, 2.24) is 4.98 Å². The average molecular weight is 344 g/mol. The number of thiazole rings is 1. The number of aromatic nitrogens is 1. The highest BCUT2D eigenvalue weighted by Gasteiger charge is 2.28. The minimum absolute atomic E-state index is 0.0712. The number of hydrogen-bond acceptors (Lipinski definition) is 5. The highest BCUT2D eigenvalue weighted by atomic mass is 35.6. The fourth-order valence-electron chi connectivity index (χ4n) is 1.37. The number of aliphatic imine (C=N–C) groups is 1. The van der Waals surface area contributed by atoms with E-state index < -0.39 is 15.8 Å². The first-order valence-electron chi connectivity index (χ1n) is 5.15. The van der Waals surface area contributed by atoms with Gasteiger partial charge in [0.1, 0.15) is 11.0 Å². The van der Waals surface area contributed by atoms with Crippen LogP contribution in [0.5, 0.6) is 0 Å². The normalized spacial score (nSPS) is 12.8. The van der Waals surface area contributed by atoms with E-state index in [4.69, 9.17) is 39.9 Å². The van der Waals surface area contributed by atoms with Crippen LogP contribution in [-0.4, -0.2) is 25.9 Å². The maximum atomic E-state index is 11.1. The Balaban J connectivity index is 3.20. The van der Waals surface area contributed by atoms with Gasteiger partial charge in [0, 0.05) is 11.3 Å². The van der Waals surface area contributed by atoms with Crippen LogP contribution in [0.25, 0.3) is 0 Å². The smallest absolute Gasteiger partial charge is 0.355 e. The van der Waals surface area contributed by atoms with Crippen LogP contribution in [0.3, 0.4) is 0 Å². The summed E-state index contributed by atoms with van der Waals surface area (Å²) in [5, 5.41) is 9.46. The van der Waals surface area contributed by atoms with Gasteiger partial charge in [-0.25, -0.2) is 14.6 Å². The molecule has 0 aliphatic carbocycles. The maximum absolute atomic E-state index is 11.1. The van der Waals surface area contributed by atoms with Crippen molar-refractivity contribution in [3.8, 4) is 0 Å². The SMILES string of the molecule is CCC(N=C=O)c1nc(C(=O)O)c(CC(Cl)(Cl)Cl)s1. The molecule has 0 bridgehead atoms. The molecule has 0 amide bonds. The van der Waals surface area contributed by atoms with Crippen molar-refractivity contribution in [2.24, 2.45) is 4.99 Å². The molecular formula is C10H9Cl3N2O3S. The number of isocyanates is 1. The summed E-state index contributed by atoms with van der Waals surface area (Å²) < 4.78 is -1.61.